The lowest BCUT2D eigenvalue weighted by molar-refractivity contribution is 0.0765. The van der Waals surface area contributed by atoms with Gasteiger partial charge in [-0.1, -0.05) is 54.6 Å². The second-order valence-electron chi connectivity index (χ2n) is 9.89. The van der Waals surface area contributed by atoms with Gasteiger partial charge in [0, 0.05) is 35.1 Å². The highest BCUT2D eigenvalue weighted by atomic mass is 16.3. The molecule has 0 radical (unpaired) electrons. The molecule has 0 amide bonds. The Morgan fingerprint density at radius 1 is 1.03 bits per heavy atom. The second-order valence-corrected chi connectivity index (χ2v) is 9.89. The Kier molecular flexibility index (Phi) is 4.62. The Morgan fingerprint density at radius 3 is 2.75 bits per heavy atom. The number of piperidine rings is 1. The van der Waals surface area contributed by atoms with Crippen molar-refractivity contribution in [2.75, 3.05) is 13.1 Å². The number of aryl methyl sites for hydroxylation is 1. The van der Waals surface area contributed by atoms with E-state index >= 15 is 0 Å². The van der Waals surface area contributed by atoms with Crippen molar-refractivity contribution in [2.24, 2.45) is 5.92 Å². The van der Waals surface area contributed by atoms with Crippen LogP contribution < -0.4 is 0 Å². The molecule has 6 rings (SSSR count). The van der Waals surface area contributed by atoms with Crippen LogP contribution in [0.25, 0.3) is 10.9 Å². The number of aromatic hydroxyl groups is 1. The Morgan fingerprint density at radius 2 is 1.91 bits per heavy atom. The summed E-state index contributed by atoms with van der Waals surface area (Å²) in [5.74, 6) is 0.898. The maximum absolute atomic E-state index is 10.3. The summed E-state index contributed by atoms with van der Waals surface area (Å²) in [5.41, 5.74) is 8.20. The average molecular weight is 423 g/mol. The molecule has 2 N–H and O–H groups in total. The van der Waals surface area contributed by atoms with Gasteiger partial charge in [-0.3, -0.25) is 4.90 Å². The predicted octanol–water partition coefficient (Wildman–Crippen LogP) is 5.74. The number of nitrogens with zero attached hydrogens (tertiary/aromatic N) is 1. The summed E-state index contributed by atoms with van der Waals surface area (Å²) in [4.78, 5) is 6.40. The van der Waals surface area contributed by atoms with Crippen molar-refractivity contribution in [3.05, 3.63) is 101 Å². The summed E-state index contributed by atoms with van der Waals surface area (Å²) >= 11 is 0. The lowest BCUT2D eigenvalue weighted by Crippen LogP contribution is -2.53. The van der Waals surface area contributed by atoms with Crippen molar-refractivity contribution >= 4 is 10.9 Å². The van der Waals surface area contributed by atoms with E-state index in [1.54, 1.807) is 6.07 Å². The van der Waals surface area contributed by atoms with Crippen LogP contribution in [0.2, 0.25) is 0 Å². The molecule has 4 aromatic rings. The minimum absolute atomic E-state index is 0.0643. The summed E-state index contributed by atoms with van der Waals surface area (Å²) in [6, 6.07) is 25.7. The third kappa shape index (κ3) is 3.23. The summed E-state index contributed by atoms with van der Waals surface area (Å²) in [6.45, 7) is 5.33. The van der Waals surface area contributed by atoms with Gasteiger partial charge >= 0.3 is 0 Å². The lowest BCUT2D eigenvalue weighted by atomic mass is 9.58. The monoisotopic (exact) mass is 422 g/mol. The number of likely N-dealkylation sites (tertiary alicyclic amines) is 1. The van der Waals surface area contributed by atoms with Crippen LogP contribution in [0, 0.1) is 12.8 Å². The number of phenols is 1. The molecule has 1 aliphatic carbocycles. The smallest absolute Gasteiger partial charge is 0.115 e. The van der Waals surface area contributed by atoms with Gasteiger partial charge in [0.1, 0.15) is 5.75 Å². The molecule has 3 heteroatoms. The molecule has 3 aromatic carbocycles. The largest absolute Gasteiger partial charge is 0.508 e. The molecule has 0 spiro atoms. The SMILES string of the molecule is Cc1ccc2c3c([nH]c2c1)C[C@]1(c2cccc(O)c2)CCN(Cc2ccccc2)CC1C3. The molecule has 162 valence electrons. The Balaban J connectivity index is 1.41. The van der Waals surface area contributed by atoms with Gasteiger partial charge < -0.3 is 10.1 Å². The number of benzene rings is 3. The van der Waals surface area contributed by atoms with Crippen LogP contribution in [0.4, 0.5) is 0 Å². The molecule has 1 aliphatic heterocycles. The third-order valence-corrected chi connectivity index (χ3v) is 7.90. The van der Waals surface area contributed by atoms with Crippen molar-refractivity contribution in [2.45, 2.75) is 38.1 Å². The van der Waals surface area contributed by atoms with Gasteiger partial charge in [-0.05, 0) is 79.1 Å². The maximum atomic E-state index is 10.3. The summed E-state index contributed by atoms with van der Waals surface area (Å²) in [5, 5.41) is 11.7. The number of hydrogen-bond donors (Lipinski definition) is 2. The zero-order valence-corrected chi connectivity index (χ0v) is 18.6. The normalized spacial score (nSPS) is 23.1. The summed E-state index contributed by atoms with van der Waals surface area (Å²) < 4.78 is 0. The van der Waals surface area contributed by atoms with Crippen molar-refractivity contribution in [3.63, 3.8) is 0 Å². The molecule has 1 unspecified atom stereocenters. The number of aromatic nitrogens is 1. The molecule has 0 bridgehead atoms. The van der Waals surface area contributed by atoms with E-state index in [9.17, 15) is 5.11 Å². The lowest BCUT2D eigenvalue weighted by Gasteiger charge is -2.51. The van der Waals surface area contributed by atoms with E-state index in [0.29, 0.717) is 11.7 Å². The molecule has 32 heavy (non-hydrogen) atoms. The number of aromatic amines is 1. The fraction of sp³-hybridized carbons (Fsp3) is 0.310. The van der Waals surface area contributed by atoms with Crippen molar-refractivity contribution in [3.8, 4) is 5.75 Å². The first kappa shape index (κ1) is 19.6. The van der Waals surface area contributed by atoms with Crippen LogP contribution in [-0.4, -0.2) is 28.1 Å². The Labute approximate surface area is 189 Å². The molecule has 1 saturated heterocycles. The number of phenolic OH excluding ortho intramolecular Hbond substituents is 1. The van der Waals surface area contributed by atoms with Gasteiger partial charge in [-0.2, -0.15) is 0 Å². The number of H-pyrrole nitrogens is 1. The molecule has 3 nitrogen and oxygen atoms in total. The number of rotatable bonds is 3. The van der Waals surface area contributed by atoms with Crippen molar-refractivity contribution in [1.29, 1.82) is 0 Å². The molecule has 2 atom stereocenters. The van der Waals surface area contributed by atoms with Crippen LogP contribution in [0.15, 0.2) is 72.8 Å². The summed E-state index contributed by atoms with van der Waals surface area (Å²) in [6.07, 6.45) is 3.21. The molecule has 0 saturated carbocycles. The minimum Gasteiger partial charge on any atom is -0.508 e. The van der Waals surface area contributed by atoms with Gasteiger partial charge in [-0.25, -0.2) is 0 Å². The first-order chi connectivity index (χ1) is 15.6. The van der Waals surface area contributed by atoms with E-state index in [0.717, 1.165) is 38.9 Å². The first-order valence-electron chi connectivity index (χ1n) is 11.8. The van der Waals surface area contributed by atoms with Gasteiger partial charge in [0.05, 0.1) is 0 Å². The molecular weight excluding hydrogens is 392 g/mol. The molecule has 2 aliphatic rings. The highest BCUT2D eigenvalue weighted by molar-refractivity contribution is 5.85. The van der Waals surface area contributed by atoms with E-state index < -0.39 is 0 Å². The first-order valence-corrected chi connectivity index (χ1v) is 11.8. The van der Waals surface area contributed by atoms with E-state index in [1.165, 1.54) is 38.9 Å². The predicted molar refractivity (Wildman–Crippen MR) is 130 cm³/mol. The Hall–Kier alpha value is -3.04. The molecular formula is C29H30N2O. The fourth-order valence-electron chi connectivity index (χ4n) is 6.29. The maximum Gasteiger partial charge on any atom is 0.115 e. The quantitative estimate of drug-likeness (QED) is 0.442. The molecule has 1 fully saturated rings. The van der Waals surface area contributed by atoms with Gasteiger partial charge in [-0.15, -0.1) is 0 Å². The standard InChI is InChI=1S/C29H30N2O/c1-20-10-11-25-26-16-23-19-31(18-21-6-3-2-4-7-21)13-12-29(23,17-28(26)30-27(25)14-20)22-8-5-9-24(32)15-22/h2-11,14-15,23,30,32H,12-13,16-19H2,1H3/t23?,29-/m0/s1. The molecule has 2 heterocycles. The van der Waals surface area contributed by atoms with Gasteiger partial charge in [0.2, 0.25) is 0 Å². The van der Waals surface area contributed by atoms with E-state index in [1.807, 2.05) is 12.1 Å². The molecule has 1 aromatic heterocycles. The van der Waals surface area contributed by atoms with Crippen LogP contribution in [0.5, 0.6) is 5.75 Å². The summed E-state index contributed by atoms with van der Waals surface area (Å²) in [7, 11) is 0. The van der Waals surface area contributed by atoms with Crippen LogP contribution in [0.3, 0.4) is 0 Å². The zero-order chi connectivity index (χ0) is 21.7. The highest BCUT2D eigenvalue weighted by Gasteiger charge is 2.48. The van der Waals surface area contributed by atoms with Crippen molar-refractivity contribution < 1.29 is 5.11 Å². The second kappa shape index (κ2) is 7.53. The van der Waals surface area contributed by atoms with Crippen LogP contribution >= 0.6 is 0 Å². The number of fused-ring (bicyclic) bond motifs is 4. The highest BCUT2D eigenvalue weighted by Crippen LogP contribution is 2.49. The van der Waals surface area contributed by atoms with Crippen LogP contribution in [0.1, 0.15) is 34.4 Å². The fourth-order valence-corrected chi connectivity index (χ4v) is 6.29. The third-order valence-electron chi connectivity index (χ3n) is 7.90. The van der Waals surface area contributed by atoms with E-state index in [2.05, 4.69) is 71.4 Å². The minimum atomic E-state index is 0.0643. The average Bonchev–Trinajstić information content (AvgIpc) is 3.14. The Bertz CT molecular complexity index is 1280. The zero-order valence-electron chi connectivity index (χ0n) is 18.6. The van der Waals surface area contributed by atoms with Gasteiger partial charge in [0.25, 0.3) is 0 Å². The topological polar surface area (TPSA) is 39.3 Å². The van der Waals surface area contributed by atoms with E-state index in [-0.39, 0.29) is 5.41 Å². The van der Waals surface area contributed by atoms with Crippen LogP contribution in [-0.2, 0) is 24.8 Å². The number of hydrogen-bond acceptors (Lipinski definition) is 2. The van der Waals surface area contributed by atoms with E-state index in [4.69, 9.17) is 0 Å². The van der Waals surface area contributed by atoms with Crippen molar-refractivity contribution in [1.82, 2.24) is 9.88 Å². The van der Waals surface area contributed by atoms with Gasteiger partial charge in [0.15, 0.2) is 0 Å². The number of nitrogens with one attached hydrogen (secondary N) is 1.